The Balaban J connectivity index is 1.79. The van der Waals surface area contributed by atoms with Gasteiger partial charge < -0.3 is 5.11 Å². The Hall–Kier alpha value is -0.860. The van der Waals surface area contributed by atoms with E-state index in [-0.39, 0.29) is 0 Å². The molecule has 1 aliphatic rings. The van der Waals surface area contributed by atoms with E-state index >= 15 is 0 Å². The summed E-state index contributed by atoms with van der Waals surface area (Å²) in [5, 5.41) is 9.39. The first-order valence-electron chi connectivity index (χ1n) is 6.58. The van der Waals surface area contributed by atoms with E-state index in [4.69, 9.17) is 0 Å². The molecule has 0 radical (unpaired) electrons. The Bertz CT molecular complexity index is 330. The van der Waals surface area contributed by atoms with E-state index in [9.17, 15) is 5.11 Å². The average Bonchev–Trinajstić information content (AvgIpc) is 2.27. The van der Waals surface area contributed by atoms with E-state index < -0.39 is 0 Å². The molecular formula is C15H23NO. The van der Waals surface area contributed by atoms with Crippen LogP contribution in [-0.2, 0) is 6.54 Å². The van der Waals surface area contributed by atoms with E-state index in [1.165, 1.54) is 5.56 Å². The van der Waals surface area contributed by atoms with Crippen molar-refractivity contribution in [3.05, 3.63) is 35.9 Å². The lowest BCUT2D eigenvalue weighted by atomic mass is 9.79. The molecule has 2 rings (SSSR count). The quantitative estimate of drug-likeness (QED) is 0.844. The fourth-order valence-electron chi connectivity index (χ4n) is 2.76. The summed E-state index contributed by atoms with van der Waals surface area (Å²) in [6, 6.07) is 10.6. The van der Waals surface area contributed by atoms with E-state index in [0.717, 1.165) is 19.6 Å². The van der Waals surface area contributed by atoms with Gasteiger partial charge in [-0.05, 0) is 23.3 Å². The molecule has 1 fully saturated rings. The lowest BCUT2D eigenvalue weighted by molar-refractivity contribution is 0.00861. The molecule has 1 aromatic rings. The Kier molecular flexibility index (Phi) is 4.19. The molecule has 0 saturated carbocycles. The van der Waals surface area contributed by atoms with Crippen LogP contribution in [0, 0.1) is 17.8 Å². The predicted molar refractivity (Wildman–Crippen MR) is 70.6 cm³/mol. The van der Waals surface area contributed by atoms with Gasteiger partial charge in [-0.1, -0.05) is 44.2 Å². The number of aliphatic hydroxyl groups excluding tert-OH is 1. The molecule has 94 valence electrons. The summed E-state index contributed by atoms with van der Waals surface area (Å²) in [7, 11) is 0. The van der Waals surface area contributed by atoms with Crippen molar-refractivity contribution in [2.45, 2.75) is 20.4 Å². The number of benzene rings is 1. The molecule has 1 N–H and O–H groups in total. The van der Waals surface area contributed by atoms with E-state index in [0.29, 0.717) is 24.4 Å². The van der Waals surface area contributed by atoms with Crippen LogP contribution in [0.3, 0.4) is 0 Å². The third-order valence-corrected chi connectivity index (χ3v) is 3.91. The zero-order chi connectivity index (χ0) is 12.3. The third-order valence-electron chi connectivity index (χ3n) is 3.91. The minimum Gasteiger partial charge on any atom is -0.396 e. The zero-order valence-corrected chi connectivity index (χ0v) is 10.8. The van der Waals surface area contributed by atoms with Crippen LogP contribution < -0.4 is 0 Å². The summed E-state index contributed by atoms with van der Waals surface area (Å²) < 4.78 is 0. The number of aliphatic hydroxyl groups is 1. The SMILES string of the molecule is CC(C)C(CO)C1CN(Cc2ccccc2)C1. The summed E-state index contributed by atoms with van der Waals surface area (Å²) in [5.74, 6) is 1.75. The predicted octanol–water partition coefficient (Wildman–Crippen LogP) is 2.38. The highest BCUT2D eigenvalue weighted by Crippen LogP contribution is 2.29. The monoisotopic (exact) mass is 233 g/mol. The molecule has 1 heterocycles. The van der Waals surface area contributed by atoms with E-state index in [1.54, 1.807) is 0 Å². The third kappa shape index (κ3) is 3.08. The van der Waals surface area contributed by atoms with Crippen LogP contribution in [0.15, 0.2) is 30.3 Å². The number of hydrogen-bond donors (Lipinski definition) is 1. The van der Waals surface area contributed by atoms with Gasteiger partial charge in [0.15, 0.2) is 0 Å². The summed E-state index contributed by atoms with van der Waals surface area (Å²) in [6.07, 6.45) is 0. The van der Waals surface area contributed by atoms with Gasteiger partial charge in [0.25, 0.3) is 0 Å². The standard InChI is InChI=1S/C15H23NO/c1-12(2)15(11-17)14-9-16(10-14)8-13-6-4-3-5-7-13/h3-7,12,14-15,17H,8-11H2,1-2H3. The molecule has 1 saturated heterocycles. The Morgan fingerprint density at radius 1 is 1.24 bits per heavy atom. The second-order valence-corrected chi connectivity index (χ2v) is 5.53. The fourth-order valence-corrected chi connectivity index (χ4v) is 2.76. The normalized spacial score (nSPS) is 19.3. The van der Waals surface area contributed by atoms with Crippen LogP contribution in [0.2, 0.25) is 0 Å². The van der Waals surface area contributed by atoms with Crippen molar-refractivity contribution in [2.24, 2.45) is 17.8 Å². The molecule has 0 spiro atoms. The van der Waals surface area contributed by atoms with Gasteiger partial charge >= 0.3 is 0 Å². The van der Waals surface area contributed by atoms with Gasteiger partial charge in [-0.15, -0.1) is 0 Å². The van der Waals surface area contributed by atoms with Crippen LogP contribution in [0.25, 0.3) is 0 Å². The van der Waals surface area contributed by atoms with Crippen LogP contribution in [-0.4, -0.2) is 29.7 Å². The smallest absolute Gasteiger partial charge is 0.0465 e. The fraction of sp³-hybridized carbons (Fsp3) is 0.600. The molecule has 1 atom stereocenters. The number of rotatable bonds is 5. The maximum absolute atomic E-state index is 9.39. The molecule has 0 bridgehead atoms. The zero-order valence-electron chi connectivity index (χ0n) is 10.8. The van der Waals surface area contributed by atoms with Gasteiger partial charge in [-0.3, -0.25) is 4.90 Å². The van der Waals surface area contributed by atoms with E-state index in [1.807, 2.05) is 0 Å². The number of nitrogens with zero attached hydrogens (tertiary/aromatic N) is 1. The van der Waals surface area contributed by atoms with Gasteiger partial charge in [0.05, 0.1) is 0 Å². The summed E-state index contributed by atoms with van der Waals surface area (Å²) in [6.45, 7) is 8.08. The lowest BCUT2D eigenvalue weighted by Crippen LogP contribution is -2.51. The highest BCUT2D eigenvalue weighted by molar-refractivity contribution is 5.14. The van der Waals surface area contributed by atoms with Gasteiger partial charge in [-0.2, -0.15) is 0 Å². The summed E-state index contributed by atoms with van der Waals surface area (Å²) in [5.41, 5.74) is 1.39. The van der Waals surface area contributed by atoms with Crippen molar-refractivity contribution < 1.29 is 5.11 Å². The van der Waals surface area contributed by atoms with Crippen molar-refractivity contribution in [1.82, 2.24) is 4.90 Å². The molecular weight excluding hydrogens is 210 g/mol. The molecule has 0 aromatic heterocycles. The summed E-state index contributed by atoms with van der Waals surface area (Å²) >= 11 is 0. The number of likely N-dealkylation sites (tertiary alicyclic amines) is 1. The second kappa shape index (κ2) is 5.65. The first kappa shape index (κ1) is 12.6. The maximum atomic E-state index is 9.39. The Morgan fingerprint density at radius 2 is 1.88 bits per heavy atom. The van der Waals surface area contributed by atoms with Crippen molar-refractivity contribution >= 4 is 0 Å². The molecule has 2 heteroatoms. The summed E-state index contributed by atoms with van der Waals surface area (Å²) in [4.78, 5) is 2.46. The molecule has 1 aliphatic heterocycles. The van der Waals surface area contributed by atoms with Crippen LogP contribution in [0.5, 0.6) is 0 Å². The van der Waals surface area contributed by atoms with Crippen molar-refractivity contribution in [2.75, 3.05) is 19.7 Å². The molecule has 17 heavy (non-hydrogen) atoms. The second-order valence-electron chi connectivity index (χ2n) is 5.53. The minimum absolute atomic E-state index is 0.335. The minimum atomic E-state index is 0.335. The van der Waals surface area contributed by atoms with Crippen molar-refractivity contribution in [3.8, 4) is 0 Å². The van der Waals surface area contributed by atoms with Crippen LogP contribution in [0.4, 0.5) is 0 Å². The highest BCUT2D eigenvalue weighted by atomic mass is 16.3. The Labute approximate surface area is 104 Å². The van der Waals surface area contributed by atoms with E-state index in [2.05, 4.69) is 49.1 Å². The van der Waals surface area contributed by atoms with Gasteiger partial charge in [0.2, 0.25) is 0 Å². The first-order chi connectivity index (χ1) is 8.20. The average molecular weight is 233 g/mol. The van der Waals surface area contributed by atoms with Gasteiger partial charge in [0.1, 0.15) is 0 Å². The molecule has 0 aliphatic carbocycles. The van der Waals surface area contributed by atoms with Crippen LogP contribution in [0.1, 0.15) is 19.4 Å². The lowest BCUT2D eigenvalue weighted by Gasteiger charge is -2.44. The Morgan fingerprint density at radius 3 is 2.41 bits per heavy atom. The highest BCUT2D eigenvalue weighted by Gasteiger charge is 2.34. The van der Waals surface area contributed by atoms with Gasteiger partial charge in [-0.25, -0.2) is 0 Å². The van der Waals surface area contributed by atoms with Gasteiger partial charge in [0, 0.05) is 26.2 Å². The maximum Gasteiger partial charge on any atom is 0.0465 e. The largest absolute Gasteiger partial charge is 0.396 e. The molecule has 1 aromatic carbocycles. The van der Waals surface area contributed by atoms with Crippen molar-refractivity contribution in [3.63, 3.8) is 0 Å². The molecule has 0 amide bonds. The molecule has 1 unspecified atom stereocenters. The first-order valence-corrected chi connectivity index (χ1v) is 6.58. The number of hydrogen-bond acceptors (Lipinski definition) is 2. The van der Waals surface area contributed by atoms with Crippen molar-refractivity contribution in [1.29, 1.82) is 0 Å². The van der Waals surface area contributed by atoms with Crippen LogP contribution >= 0.6 is 0 Å². The topological polar surface area (TPSA) is 23.5 Å². The molecule has 2 nitrogen and oxygen atoms in total.